The summed E-state index contributed by atoms with van der Waals surface area (Å²) >= 11 is 0. The molecule has 35 heavy (non-hydrogen) atoms. The van der Waals surface area contributed by atoms with Crippen LogP contribution in [0.1, 0.15) is 27.0 Å². The van der Waals surface area contributed by atoms with E-state index < -0.39 is 0 Å². The van der Waals surface area contributed by atoms with E-state index in [4.69, 9.17) is 0 Å². The van der Waals surface area contributed by atoms with Crippen molar-refractivity contribution < 1.29 is 4.79 Å². The molecule has 0 fully saturated rings. The molecular formula is C28H24N6O. The second kappa shape index (κ2) is 9.02. The van der Waals surface area contributed by atoms with Gasteiger partial charge in [-0.05, 0) is 35.2 Å². The lowest BCUT2D eigenvalue weighted by atomic mass is 10.00. The largest absolute Gasteiger partial charge is 0.352 e. The number of rotatable bonds is 5. The molecule has 0 spiro atoms. The molecule has 3 aromatic heterocycles. The third-order valence-corrected chi connectivity index (χ3v) is 6.43. The van der Waals surface area contributed by atoms with Crippen LogP contribution in [0.2, 0.25) is 0 Å². The normalized spacial score (nSPS) is 13.0. The van der Waals surface area contributed by atoms with Gasteiger partial charge in [0, 0.05) is 37.6 Å². The number of benzene rings is 2. The Hall–Kier alpha value is -4.52. The van der Waals surface area contributed by atoms with E-state index in [9.17, 15) is 4.79 Å². The first kappa shape index (κ1) is 21.0. The number of nitrogens with one attached hydrogen (secondary N) is 1. The topological polar surface area (TPSA) is 75.4 Å². The van der Waals surface area contributed by atoms with Crippen LogP contribution in [0, 0.1) is 0 Å². The number of carbonyl (C=O) groups is 1. The molecule has 1 N–H and O–H groups in total. The van der Waals surface area contributed by atoms with Crippen LogP contribution in [0.4, 0.5) is 5.82 Å². The average Bonchev–Trinajstić information content (AvgIpc) is 3.37. The average molecular weight is 461 g/mol. The van der Waals surface area contributed by atoms with Crippen molar-refractivity contribution in [3.63, 3.8) is 0 Å². The van der Waals surface area contributed by atoms with Crippen LogP contribution < -0.4 is 10.2 Å². The van der Waals surface area contributed by atoms with E-state index in [0.29, 0.717) is 17.8 Å². The molecule has 0 saturated carbocycles. The van der Waals surface area contributed by atoms with Crippen LogP contribution in [0.5, 0.6) is 0 Å². The van der Waals surface area contributed by atoms with Gasteiger partial charge in [-0.25, -0.2) is 14.5 Å². The van der Waals surface area contributed by atoms with Gasteiger partial charge in [0.25, 0.3) is 5.91 Å². The monoisotopic (exact) mass is 460 g/mol. The van der Waals surface area contributed by atoms with E-state index in [0.717, 1.165) is 42.1 Å². The summed E-state index contributed by atoms with van der Waals surface area (Å²) in [5.74, 6) is 0.740. The van der Waals surface area contributed by atoms with Gasteiger partial charge in [0.2, 0.25) is 0 Å². The van der Waals surface area contributed by atoms with E-state index in [1.165, 1.54) is 11.1 Å². The van der Waals surface area contributed by atoms with Crippen molar-refractivity contribution in [2.24, 2.45) is 0 Å². The summed E-state index contributed by atoms with van der Waals surface area (Å²) < 4.78 is 1.71. The van der Waals surface area contributed by atoms with Crippen LogP contribution in [-0.4, -0.2) is 32.0 Å². The molecule has 1 aliphatic heterocycles. The van der Waals surface area contributed by atoms with Crippen molar-refractivity contribution in [3.05, 3.63) is 114 Å². The van der Waals surface area contributed by atoms with Gasteiger partial charge in [0.15, 0.2) is 5.65 Å². The lowest BCUT2D eigenvalue weighted by Crippen LogP contribution is -2.31. The van der Waals surface area contributed by atoms with E-state index in [1.54, 1.807) is 16.9 Å². The molecule has 0 unspecified atom stereocenters. The number of pyridine rings is 1. The summed E-state index contributed by atoms with van der Waals surface area (Å²) in [6, 6.07) is 24.4. The fourth-order valence-corrected chi connectivity index (χ4v) is 4.56. The van der Waals surface area contributed by atoms with E-state index in [-0.39, 0.29) is 5.91 Å². The maximum atomic E-state index is 12.9. The van der Waals surface area contributed by atoms with Crippen molar-refractivity contribution in [3.8, 4) is 11.3 Å². The molecule has 0 aliphatic carbocycles. The molecule has 4 heterocycles. The molecule has 0 radical (unpaired) electrons. The van der Waals surface area contributed by atoms with Crippen molar-refractivity contribution >= 4 is 17.4 Å². The van der Waals surface area contributed by atoms with Crippen molar-refractivity contribution in [1.29, 1.82) is 0 Å². The van der Waals surface area contributed by atoms with Gasteiger partial charge in [0.1, 0.15) is 11.4 Å². The summed E-state index contributed by atoms with van der Waals surface area (Å²) in [6.07, 6.45) is 6.13. The fourth-order valence-electron chi connectivity index (χ4n) is 4.56. The fraction of sp³-hybridized carbons (Fsp3) is 0.143. The number of hydrogen-bond acceptors (Lipinski definition) is 5. The van der Waals surface area contributed by atoms with Gasteiger partial charge in [-0.3, -0.25) is 4.79 Å². The van der Waals surface area contributed by atoms with Gasteiger partial charge in [-0.15, -0.1) is 0 Å². The van der Waals surface area contributed by atoms with Crippen LogP contribution in [0.25, 0.3) is 16.9 Å². The summed E-state index contributed by atoms with van der Waals surface area (Å²) in [6.45, 7) is 2.20. The molecular weight excluding hydrogens is 436 g/mol. The minimum Gasteiger partial charge on any atom is -0.352 e. The molecule has 2 aromatic carbocycles. The molecule has 0 atom stereocenters. The Morgan fingerprint density at radius 2 is 1.71 bits per heavy atom. The number of nitrogens with zero attached hydrogens (tertiary/aromatic N) is 5. The molecule has 7 nitrogen and oxygen atoms in total. The lowest BCUT2D eigenvalue weighted by molar-refractivity contribution is 0.0952. The second-order valence-corrected chi connectivity index (χ2v) is 8.64. The van der Waals surface area contributed by atoms with Crippen LogP contribution in [0.15, 0.2) is 91.4 Å². The molecule has 1 amide bonds. The Labute approximate surface area is 203 Å². The quantitative estimate of drug-likeness (QED) is 0.424. The standard InChI is InChI=1S/C28H24N6O/c35-28(24-18-32-34-25(12-14-29-27(24)34)22-7-2-1-3-8-22)31-17-20-10-11-26(30-16-20)33-15-13-21-6-4-5-9-23(21)19-33/h1-12,14,16,18H,13,15,17,19H2,(H,31,35). The van der Waals surface area contributed by atoms with Crippen molar-refractivity contribution in [2.45, 2.75) is 19.5 Å². The third kappa shape index (κ3) is 4.12. The number of amides is 1. The Balaban J connectivity index is 1.14. The summed E-state index contributed by atoms with van der Waals surface area (Å²) in [5.41, 5.74) is 6.58. The van der Waals surface area contributed by atoms with Gasteiger partial charge in [-0.2, -0.15) is 5.10 Å². The first-order chi connectivity index (χ1) is 17.3. The molecule has 7 heteroatoms. The number of aromatic nitrogens is 4. The molecule has 5 aromatic rings. The zero-order valence-corrected chi connectivity index (χ0v) is 19.1. The Morgan fingerprint density at radius 1 is 0.886 bits per heavy atom. The van der Waals surface area contributed by atoms with Crippen molar-refractivity contribution in [2.75, 3.05) is 11.4 Å². The van der Waals surface area contributed by atoms with Gasteiger partial charge >= 0.3 is 0 Å². The highest BCUT2D eigenvalue weighted by Gasteiger charge is 2.18. The second-order valence-electron chi connectivity index (χ2n) is 8.64. The maximum absolute atomic E-state index is 12.9. The summed E-state index contributed by atoms with van der Waals surface area (Å²) in [7, 11) is 0. The highest BCUT2D eigenvalue weighted by molar-refractivity contribution is 5.99. The Kier molecular flexibility index (Phi) is 5.42. The smallest absolute Gasteiger partial charge is 0.257 e. The first-order valence-electron chi connectivity index (χ1n) is 11.7. The maximum Gasteiger partial charge on any atom is 0.257 e. The Morgan fingerprint density at radius 3 is 2.54 bits per heavy atom. The van der Waals surface area contributed by atoms with E-state index in [2.05, 4.69) is 49.5 Å². The van der Waals surface area contributed by atoms with Crippen LogP contribution in [-0.2, 0) is 19.5 Å². The first-order valence-corrected chi connectivity index (χ1v) is 11.7. The molecule has 6 rings (SSSR count). The number of anilines is 1. The van der Waals surface area contributed by atoms with E-state index >= 15 is 0 Å². The summed E-state index contributed by atoms with van der Waals surface area (Å²) in [5, 5.41) is 7.40. The number of carbonyl (C=O) groups excluding carboxylic acids is 1. The van der Waals surface area contributed by atoms with Crippen LogP contribution >= 0.6 is 0 Å². The molecule has 172 valence electrons. The zero-order valence-electron chi connectivity index (χ0n) is 19.1. The lowest BCUT2D eigenvalue weighted by Gasteiger charge is -2.29. The minimum atomic E-state index is -0.213. The number of fused-ring (bicyclic) bond motifs is 2. The van der Waals surface area contributed by atoms with Gasteiger partial charge in [-0.1, -0.05) is 60.7 Å². The summed E-state index contributed by atoms with van der Waals surface area (Å²) in [4.78, 5) is 24.3. The molecule has 0 saturated heterocycles. The number of hydrogen-bond donors (Lipinski definition) is 1. The molecule has 1 aliphatic rings. The van der Waals surface area contributed by atoms with Crippen molar-refractivity contribution in [1.82, 2.24) is 24.9 Å². The Bertz CT molecular complexity index is 1490. The van der Waals surface area contributed by atoms with E-state index in [1.807, 2.05) is 54.7 Å². The van der Waals surface area contributed by atoms with Crippen LogP contribution in [0.3, 0.4) is 0 Å². The zero-order chi connectivity index (χ0) is 23.6. The SMILES string of the molecule is O=C(NCc1ccc(N2CCc3ccccc3C2)nc1)c1cnn2c(-c3ccccc3)ccnc12. The third-order valence-electron chi connectivity index (χ3n) is 6.43. The highest BCUT2D eigenvalue weighted by atomic mass is 16.1. The predicted octanol–water partition coefficient (Wildman–Crippen LogP) is 4.28. The molecule has 0 bridgehead atoms. The van der Waals surface area contributed by atoms with Gasteiger partial charge in [0.05, 0.1) is 11.9 Å². The highest BCUT2D eigenvalue weighted by Crippen LogP contribution is 2.23. The minimum absolute atomic E-state index is 0.213. The predicted molar refractivity (Wildman–Crippen MR) is 135 cm³/mol. The van der Waals surface area contributed by atoms with Gasteiger partial charge < -0.3 is 10.2 Å².